The van der Waals surface area contributed by atoms with E-state index in [1.165, 1.54) is 30.6 Å². The standard InChI is InChI=1S/C18H12ClFN4O3/c19-14-8-22-15-13(3-6-21-16(15)24-14)27-12-2-1-10(7-11(12)20)23-17(26)18(9-25)4-5-18/h1-3,6-9H,4-5H2,(H,23,26). The third-order valence-corrected chi connectivity index (χ3v) is 4.44. The minimum atomic E-state index is -0.971. The number of ether oxygens (including phenoxy) is 1. The highest BCUT2D eigenvalue weighted by molar-refractivity contribution is 6.29. The molecule has 1 N–H and O–H groups in total. The van der Waals surface area contributed by atoms with Gasteiger partial charge in [0.2, 0.25) is 5.91 Å². The van der Waals surface area contributed by atoms with Crippen LogP contribution in [0.25, 0.3) is 11.2 Å². The molecule has 0 atom stereocenters. The number of anilines is 1. The lowest BCUT2D eigenvalue weighted by molar-refractivity contribution is -0.126. The molecule has 9 heteroatoms. The number of rotatable bonds is 5. The van der Waals surface area contributed by atoms with E-state index in [2.05, 4.69) is 20.3 Å². The summed E-state index contributed by atoms with van der Waals surface area (Å²) in [6, 6.07) is 5.52. The van der Waals surface area contributed by atoms with Crippen molar-refractivity contribution < 1.29 is 18.7 Å². The average molecular weight is 387 g/mol. The molecule has 2 aromatic heterocycles. The van der Waals surface area contributed by atoms with Crippen LogP contribution in [0.15, 0.2) is 36.7 Å². The van der Waals surface area contributed by atoms with E-state index in [9.17, 15) is 14.0 Å². The number of aromatic nitrogens is 3. The second kappa shape index (κ2) is 6.55. The Hall–Kier alpha value is -3.13. The number of nitrogens with zero attached hydrogens (tertiary/aromatic N) is 3. The van der Waals surface area contributed by atoms with E-state index in [-0.39, 0.29) is 28.0 Å². The van der Waals surface area contributed by atoms with Gasteiger partial charge in [-0.3, -0.25) is 4.79 Å². The number of pyridine rings is 1. The second-order valence-electron chi connectivity index (χ2n) is 6.15. The topological polar surface area (TPSA) is 94.1 Å². The van der Waals surface area contributed by atoms with Gasteiger partial charge in [0.05, 0.1) is 6.20 Å². The summed E-state index contributed by atoms with van der Waals surface area (Å²) in [6.07, 6.45) is 4.44. The SMILES string of the molecule is O=CC1(C(=O)Nc2ccc(Oc3ccnc4nc(Cl)cnc34)c(F)c2)CC1. The number of amides is 1. The highest BCUT2D eigenvalue weighted by atomic mass is 35.5. The Bertz CT molecular complexity index is 1070. The monoisotopic (exact) mass is 386 g/mol. The van der Waals surface area contributed by atoms with Crippen LogP contribution in [0.2, 0.25) is 5.15 Å². The summed E-state index contributed by atoms with van der Waals surface area (Å²) in [5, 5.41) is 2.73. The molecule has 1 aliphatic carbocycles. The fourth-order valence-corrected chi connectivity index (χ4v) is 2.66. The normalized spacial score (nSPS) is 14.6. The van der Waals surface area contributed by atoms with Crippen LogP contribution in [0, 0.1) is 11.2 Å². The summed E-state index contributed by atoms with van der Waals surface area (Å²) >= 11 is 5.79. The van der Waals surface area contributed by atoms with Gasteiger partial charge in [0, 0.05) is 24.0 Å². The number of hydrogen-bond donors (Lipinski definition) is 1. The molecule has 1 fully saturated rings. The van der Waals surface area contributed by atoms with E-state index in [0.717, 1.165) is 6.07 Å². The third kappa shape index (κ3) is 3.31. The Balaban J connectivity index is 1.57. The van der Waals surface area contributed by atoms with Crippen molar-refractivity contribution in [3.05, 3.63) is 47.6 Å². The van der Waals surface area contributed by atoms with Crippen molar-refractivity contribution in [2.75, 3.05) is 5.32 Å². The summed E-state index contributed by atoms with van der Waals surface area (Å²) < 4.78 is 20.0. The summed E-state index contributed by atoms with van der Waals surface area (Å²) in [4.78, 5) is 35.2. The molecule has 3 aromatic rings. The lowest BCUT2D eigenvalue weighted by Crippen LogP contribution is -2.25. The molecule has 1 aromatic carbocycles. The average Bonchev–Trinajstić information content (AvgIpc) is 3.45. The second-order valence-corrected chi connectivity index (χ2v) is 6.54. The van der Waals surface area contributed by atoms with Crippen molar-refractivity contribution in [1.82, 2.24) is 15.0 Å². The minimum absolute atomic E-state index is 0.0613. The van der Waals surface area contributed by atoms with Crippen LogP contribution in [-0.2, 0) is 9.59 Å². The van der Waals surface area contributed by atoms with Gasteiger partial charge in [-0.15, -0.1) is 0 Å². The number of nitrogens with one attached hydrogen (secondary N) is 1. The van der Waals surface area contributed by atoms with Crippen molar-refractivity contribution in [2.24, 2.45) is 5.41 Å². The first-order valence-corrected chi connectivity index (χ1v) is 8.41. The van der Waals surface area contributed by atoms with Crippen LogP contribution in [0.1, 0.15) is 12.8 Å². The number of aldehydes is 1. The van der Waals surface area contributed by atoms with E-state index < -0.39 is 17.1 Å². The Morgan fingerprint density at radius 2 is 2.07 bits per heavy atom. The maximum atomic E-state index is 14.4. The molecule has 0 spiro atoms. The molecule has 0 aliphatic heterocycles. The molecule has 27 heavy (non-hydrogen) atoms. The van der Waals surface area contributed by atoms with E-state index in [1.807, 2.05) is 0 Å². The highest BCUT2D eigenvalue weighted by Gasteiger charge is 2.50. The van der Waals surface area contributed by atoms with Crippen molar-refractivity contribution in [2.45, 2.75) is 12.8 Å². The van der Waals surface area contributed by atoms with Gasteiger partial charge < -0.3 is 14.8 Å². The van der Waals surface area contributed by atoms with E-state index >= 15 is 0 Å². The fourth-order valence-electron chi connectivity index (χ4n) is 2.53. The lowest BCUT2D eigenvalue weighted by Gasteiger charge is -2.12. The Labute approximate surface area is 157 Å². The number of hydrogen-bond acceptors (Lipinski definition) is 6. The summed E-state index contributed by atoms with van der Waals surface area (Å²) in [6.45, 7) is 0. The van der Waals surface area contributed by atoms with Gasteiger partial charge in [-0.1, -0.05) is 11.6 Å². The van der Waals surface area contributed by atoms with E-state index in [4.69, 9.17) is 16.3 Å². The van der Waals surface area contributed by atoms with E-state index in [0.29, 0.717) is 24.6 Å². The smallest absolute Gasteiger partial charge is 0.237 e. The molecule has 1 amide bonds. The number of halogens is 2. The predicted molar refractivity (Wildman–Crippen MR) is 95.2 cm³/mol. The summed E-state index contributed by atoms with van der Waals surface area (Å²) in [5.74, 6) is -0.917. The van der Waals surface area contributed by atoms with E-state index in [1.54, 1.807) is 0 Å². The Kier molecular flexibility index (Phi) is 4.19. The van der Waals surface area contributed by atoms with Crippen molar-refractivity contribution in [1.29, 1.82) is 0 Å². The molecule has 0 unspecified atom stereocenters. The molecule has 0 radical (unpaired) electrons. The first-order valence-electron chi connectivity index (χ1n) is 8.03. The van der Waals surface area contributed by atoms with Gasteiger partial charge in [-0.25, -0.2) is 19.3 Å². The summed E-state index contributed by atoms with van der Waals surface area (Å²) in [7, 11) is 0. The first-order chi connectivity index (χ1) is 13.0. The number of carbonyl (C=O) groups is 2. The van der Waals surface area contributed by atoms with Crippen LogP contribution in [-0.4, -0.2) is 27.1 Å². The van der Waals surface area contributed by atoms with Crippen molar-refractivity contribution in [3.8, 4) is 11.5 Å². The fraction of sp³-hybridized carbons (Fsp3) is 0.167. The number of fused-ring (bicyclic) bond motifs is 1. The summed E-state index contributed by atoms with van der Waals surface area (Å²) in [5.41, 5.74) is -0.126. The molecule has 4 rings (SSSR count). The highest BCUT2D eigenvalue weighted by Crippen LogP contribution is 2.44. The zero-order valence-electron chi connectivity index (χ0n) is 13.8. The van der Waals surface area contributed by atoms with Gasteiger partial charge in [-0.2, -0.15) is 0 Å². The lowest BCUT2D eigenvalue weighted by atomic mass is 10.1. The molecule has 0 bridgehead atoms. The minimum Gasteiger partial charge on any atom is -0.452 e. The first kappa shape index (κ1) is 17.3. The maximum absolute atomic E-state index is 14.4. The molecule has 2 heterocycles. The molecule has 0 saturated heterocycles. The van der Waals surface area contributed by atoms with Crippen LogP contribution in [0.5, 0.6) is 11.5 Å². The van der Waals surface area contributed by atoms with Crippen LogP contribution in [0.3, 0.4) is 0 Å². The van der Waals surface area contributed by atoms with Crippen molar-refractivity contribution >= 4 is 40.6 Å². The molecular formula is C18H12ClFN4O3. The van der Waals surface area contributed by atoms with Crippen molar-refractivity contribution in [3.63, 3.8) is 0 Å². The zero-order valence-corrected chi connectivity index (χ0v) is 14.5. The van der Waals surface area contributed by atoms with Crippen LogP contribution in [0.4, 0.5) is 10.1 Å². The molecule has 7 nitrogen and oxygen atoms in total. The zero-order chi connectivity index (χ0) is 19.0. The molecule has 1 saturated carbocycles. The van der Waals surface area contributed by atoms with Gasteiger partial charge in [-0.05, 0) is 25.0 Å². The third-order valence-electron chi connectivity index (χ3n) is 4.26. The Morgan fingerprint density at radius 3 is 2.78 bits per heavy atom. The van der Waals surface area contributed by atoms with Crippen LogP contribution < -0.4 is 10.1 Å². The van der Waals surface area contributed by atoms with Gasteiger partial charge in [0.15, 0.2) is 28.5 Å². The number of benzene rings is 1. The molecule has 1 aliphatic rings. The molecule has 136 valence electrons. The largest absolute Gasteiger partial charge is 0.452 e. The Morgan fingerprint density at radius 1 is 1.26 bits per heavy atom. The maximum Gasteiger partial charge on any atom is 0.237 e. The van der Waals surface area contributed by atoms with Gasteiger partial charge in [0.25, 0.3) is 0 Å². The van der Waals surface area contributed by atoms with Crippen LogP contribution >= 0.6 is 11.6 Å². The quantitative estimate of drug-likeness (QED) is 0.532. The van der Waals surface area contributed by atoms with Gasteiger partial charge >= 0.3 is 0 Å². The van der Waals surface area contributed by atoms with Gasteiger partial charge in [0.1, 0.15) is 16.9 Å². The predicted octanol–water partition coefficient (Wildman–Crippen LogP) is 3.53. The number of carbonyl (C=O) groups excluding carboxylic acids is 2. The molecular weight excluding hydrogens is 375 g/mol.